The van der Waals surface area contributed by atoms with Crippen molar-refractivity contribution in [2.75, 3.05) is 30.8 Å². The first-order valence-corrected chi connectivity index (χ1v) is 5.18. The molecule has 96 valence electrons. The van der Waals surface area contributed by atoms with Crippen LogP contribution in [0.15, 0.2) is 0 Å². The molecule has 0 aliphatic heterocycles. The third-order valence-electron chi connectivity index (χ3n) is 1.87. The first-order chi connectivity index (χ1) is 7.96. The van der Waals surface area contributed by atoms with E-state index >= 15 is 0 Å². The number of aliphatic hydroxyl groups is 2. The largest absolute Gasteiger partial charge is 0.464 e. The summed E-state index contributed by atoms with van der Waals surface area (Å²) in [5, 5.41) is 21.2. The van der Waals surface area contributed by atoms with Crippen LogP contribution in [0.2, 0.25) is 0 Å². The molecule has 1 aromatic heterocycles. The van der Waals surface area contributed by atoms with Gasteiger partial charge in [-0.25, -0.2) is 0 Å². The SMILES string of the molecule is CCOc1nc(N)nc(NCC(C)(O)CO)n1. The van der Waals surface area contributed by atoms with Crippen molar-refractivity contribution in [3.05, 3.63) is 0 Å². The van der Waals surface area contributed by atoms with E-state index in [9.17, 15) is 5.11 Å². The fourth-order valence-corrected chi connectivity index (χ4v) is 0.970. The zero-order valence-electron chi connectivity index (χ0n) is 9.84. The Kier molecular flexibility index (Phi) is 4.41. The Morgan fingerprint density at radius 2 is 2.12 bits per heavy atom. The topological polar surface area (TPSA) is 126 Å². The molecule has 8 nitrogen and oxygen atoms in total. The highest BCUT2D eigenvalue weighted by atomic mass is 16.5. The fraction of sp³-hybridized carbons (Fsp3) is 0.667. The summed E-state index contributed by atoms with van der Waals surface area (Å²) in [4.78, 5) is 11.5. The molecule has 0 radical (unpaired) electrons. The Balaban J connectivity index is 2.70. The molecule has 0 spiro atoms. The third kappa shape index (κ3) is 4.37. The number of rotatable bonds is 6. The molecule has 0 saturated carbocycles. The Hall–Kier alpha value is -1.67. The first kappa shape index (κ1) is 13.4. The van der Waals surface area contributed by atoms with E-state index in [0.717, 1.165) is 0 Å². The van der Waals surface area contributed by atoms with Crippen LogP contribution in [-0.2, 0) is 0 Å². The zero-order chi connectivity index (χ0) is 12.9. The van der Waals surface area contributed by atoms with E-state index in [2.05, 4.69) is 20.3 Å². The van der Waals surface area contributed by atoms with E-state index in [0.29, 0.717) is 6.61 Å². The lowest BCUT2D eigenvalue weighted by atomic mass is 10.1. The molecule has 1 atom stereocenters. The number of hydrogen-bond donors (Lipinski definition) is 4. The minimum Gasteiger partial charge on any atom is -0.464 e. The van der Waals surface area contributed by atoms with Gasteiger partial charge in [0.15, 0.2) is 0 Å². The van der Waals surface area contributed by atoms with Gasteiger partial charge in [-0.1, -0.05) is 0 Å². The fourth-order valence-electron chi connectivity index (χ4n) is 0.970. The van der Waals surface area contributed by atoms with E-state index in [1.807, 2.05) is 0 Å². The first-order valence-electron chi connectivity index (χ1n) is 5.18. The zero-order valence-corrected chi connectivity index (χ0v) is 9.84. The number of nitrogens with two attached hydrogens (primary N) is 1. The predicted molar refractivity (Wildman–Crippen MR) is 61.6 cm³/mol. The molecule has 1 rings (SSSR count). The summed E-state index contributed by atoms with van der Waals surface area (Å²) in [7, 11) is 0. The minimum atomic E-state index is -1.26. The van der Waals surface area contributed by atoms with Crippen LogP contribution in [0.5, 0.6) is 6.01 Å². The summed E-state index contributed by atoms with van der Waals surface area (Å²) >= 11 is 0. The molecule has 17 heavy (non-hydrogen) atoms. The minimum absolute atomic E-state index is 0.0228. The highest BCUT2D eigenvalue weighted by molar-refractivity contribution is 5.32. The normalized spacial score (nSPS) is 14.1. The van der Waals surface area contributed by atoms with Gasteiger partial charge in [-0.3, -0.25) is 0 Å². The molecule has 8 heteroatoms. The van der Waals surface area contributed by atoms with Crippen LogP contribution in [0.25, 0.3) is 0 Å². The van der Waals surface area contributed by atoms with Gasteiger partial charge >= 0.3 is 6.01 Å². The number of aromatic nitrogens is 3. The molecule has 1 unspecified atom stereocenters. The van der Waals surface area contributed by atoms with Crippen LogP contribution in [0.1, 0.15) is 13.8 Å². The molecular formula is C9H17N5O3. The quantitative estimate of drug-likeness (QED) is 0.501. The number of hydrogen-bond acceptors (Lipinski definition) is 8. The molecule has 0 amide bonds. The Labute approximate surface area is 98.9 Å². The number of ether oxygens (including phenoxy) is 1. The lowest BCUT2D eigenvalue weighted by molar-refractivity contribution is 0.0131. The van der Waals surface area contributed by atoms with Crippen molar-refractivity contribution in [1.82, 2.24) is 15.0 Å². The van der Waals surface area contributed by atoms with E-state index in [4.69, 9.17) is 15.6 Å². The number of nitrogen functional groups attached to an aromatic ring is 1. The third-order valence-corrected chi connectivity index (χ3v) is 1.87. The lowest BCUT2D eigenvalue weighted by Gasteiger charge is -2.20. The average Bonchev–Trinajstić information content (AvgIpc) is 2.26. The van der Waals surface area contributed by atoms with Gasteiger partial charge < -0.3 is 26.0 Å². The van der Waals surface area contributed by atoms with Crippen molar-refractivity contribution in [2.24, 2.45) is 0 Å². The maximum absolute atomic E-state index is 9.58. The van der Waals surface area contributed by atoms with Gasteiger partial charge in [0, 0.05) is 6.54 Å². The number of nitrogens with one attached hydrogen (secondary N) is 1. The number of aliphatic hydroxyl groups excluding tert-OH is 1. The van der Waals surface area contributed by atoms with Gasteiger partial charge in [-0.15, -0.1) is 0 Å². The van der Waals surface area contributed by atoms with Gasteiger partial charge in [0.25, 0.3) is 0 Å². The van der Waals surface area contributed by atoms with Crippen LogP contribution in [0.3, 0.4) is 0 Å². The summed E-state index contributed by atoms with van der Waals surface area (Å²) in [5.74, 6) is 0.212. The second-order valence-corrected chi connectivity index (χ2v) is 3.74. The Morgan fingerprint density at radius 1 is 1.41 bits per heavy atom. The van der Waals surface area contributed by atoms with Crippen molar-refractivity contribution in [2.45, 2.75) is 19.4 Å². The summed E-state index contributed by atoms with van der Waals surface area (Å²) in [6, 6.07) is 0.117. The Morgan fingerprint density at radius 3 is 2.71 bits per heavy atom. The van der Waals surface area contributed by atoms with Crippen LogP contribution in [0, 0.1) is 0 Å². The maximum Gasteiger partial charge on any atom is 0.323 e. The van der Waals surface area contributed by atoms with Crippen LogP contribution in [0.4, 0.5) is 11.9 Å². The van der Waals surface area contributed by atoms with Crippen LogP contribution < -0.4 is 15.8 Å². The maximum atomic E-state index is 9.58. The molecule has 0 bridgehead atoms. The van der Waals surface area contributed by atoms with Gasteiger partial charge in [-0.05, 0) is 13.8 Å². The number of anilines is 2. The molecule has 0 aliphatic rings. The van der Waals surface area contributed by atoms with Gasteiger partial charge in [-0.2, -0.15) is 15.0 Å². The smallest absolute Gasteiger partial charge is 0.323 e. The van der Waals surface area contributed by atoms with Crippen LogP contribution >= 0.6 is 0 Å². The van der Waals surface area contributed by atoms with E-state index in [1.54, 1.807) is 6.92 Å². The standard InChI is InChI=1S/C9H17N5O3/c1-3-17-8-13-6(10)12-7(14-8)11-4-9(2,16)5-15/h15-16H,3-5H2,1-2H3,(H3,10,11,12,13,14). The molecule has 0 aliphatic carbocycles. The van der Waals surface area contributed by atoms with Crippen molar-refractivity contribution in [3.8, 4) is 6.01 Å². The summed E-state index contributed by atoms with van der Waals surface area (Å²) in [6.07, 6.45) is 0. The lowest BCUT2D eigenvalue weighted by Crippen LogP contribution is -2.37. The van der Waals surface area contributed by atoms with E-state index < -0.39 is 5.60 Å². The molecule has 1 aromatic rings. The van der Waals surface area contributed by atoms with Gasteiger partial charge in [0.1, 0.15) is 5.60 Å². The predicted octanol–water partition coefficient (Wildman–Crippen LogP) is -0.992. The van der Waals surface area contributed by atoms with Gasteiger partial charge in [0.2, 0.25) is 11.9 Å². The van der Waals surface area contributed by atoms with Crippen molar-refractivity contribution in [1.29, 1.82) is 0 Å². The van der Waals surface area contributed by atoms with E-state index in [-0.39, 0.29) is 31.1 Å². The second kappa shape index (κ2) is 5.60. The highest BCUT2D eigenvalue weighted by Gasteiger charge is 2.19. The highest BCUT2D eigenvalue weighted by Crippen LogP contribution is 2.10. The summed E-state index contributed by atoms with van der Waals surface area (Å²) in [6.45, 7) is 3.40. The Bertz CT molecular complexity index is 372. The van der Waals surface area contributed by atoms with Gasteiger partial charge in [0.05, 0.1) is 13.2 Å². The summed E-state index contributed by atoms with van der Waals surface area (Å²) < 4.78 is 5.09. The van der Waals surface area contributed by atoms with Crippen molar-refractivity contribution >= 4 is 11.9 Å². The van der Waals surface area contributed by atoms with Crippen molar-refractivity contribution in [3.63, 3.8) is 0 Å². The second-order valence-electron chi connectivity index (χ2n) is 3.74. The monoisotopic (exact) mass is 243 g/mol. The average molecular weight is 243 g/mol. The molecular weight excluding hydrogens is 226 g/mol. The molecule has 0 fully saturated rings. The molecule has 5 N–H and O–H groups in total. The number of nitrogens with zero attached hydrogens (tertiary/aromatic N) is 3. The van der Waals surface area contributed by atoms with Crippen LogP contribution in [-0.4, -0.2) is 50.5 Å². The molecule has 0 saturated heterocycles. The van der Waals surface area contributed by atoms with E-state index in [1.165, 1.54) is 6.92 Å². The summed E-state index contributed by atoms with van der Waals surface area (Å²) in [5.41, 5.74) is 4.21. The van der Waals surface area contributed by atoms with Crippen molar-refractivity contribution < 1.29 is 14.9 Å². The molecule has 1 heterocycles. The molecule has 0 aromatic carbocycles.